The van der Waals surface area contributed by atoms with Crippen LogP contribution in [0, 0.1) is 0 Å². The molecule has 1 aliphatic rings. The number of carbonyl (C=O) groups excluding carboxylic acids is 2. The normalized spacial score (nSPS) is 13.7. The number of anilines is 5. The Hall–Kier alpha value is -4.02. The summed E-state index contributed by atoms with van der Waals surface area (Å²) in [7, 11) is -0.958. The second-order valence-corrected chi connectivity index (χ2v) is 16.8. The number of carbonyl (C=O) groups is 2. The minimum Gasteiger partial charge on any atom is -0.494 e. The zero-order valence-corrected chi connectivity index (χ0v) is 33.6. The lowest BCUT2D eigenvalue weighted by molar-refractivity contribution is -0.132. The van der Waals surface area contributed by atoms with Crippen LogP contribution in [-0.2, 0) is 28.4 Å². The Balaban J connectivity index is 1.13. The van der Waals surface area contributed by atoms with Gasteiger partial charge in [-0.15, -0.1) is 0 Å². The molecule has 18 heteroatoms. The molecule has 2 amide bonds. The van der Waals surface area contributed by atoms with E-state index in [2.05, 4.69) is 30.8 Å². The van der Waals surface area contributed by atoms with Crippen LogP contribution >= 0.6 is 18.7 Å². The van der Waals surface area contributed by atoms with Gasteiger partial charge in [0.15, 0.2) is 5.82 Å². The first-order valence-corrected chi connectivity index (χ1v) is 21.4. The van der Waals surface area contributed by atoms with Crippen molar-refractivity contribution in [2.24, 2.45) is 11.5 Å². The van der Waals surface area contributed by atoms with Crippen LogP contribution in [0.25, 0.3) is 0 Å². The molecule has 0 spiro atoms. The number of nitrogens with one attached hydrogen (secondary N) is 3. The number of aromatic nitrogens is 2. The largest absolute Gasteiger partial charge is 0.494 e. The number of rotatable bonds is 23. The van der Waals surface area contributed by atoms with Crippen LogP contribution < -0.4 is 42.4 Å². The van der Waals surface area contributed by atoms with Crippen LogP contribution in [0.1, 0.15) is 19.3 Å². The van der Waals surface area contributed by atoms with Gasteiger partial charge in [0.1, 0.15) is 17.9 Å². The molecule has 16 nitrogen and oxygen atoms in total. The molecule has 1 aromatic heterocycles. The summed E-state index contributed by atoms with van der Waals surface area (Å²) < 4.78 is 35.1. The van der Waals surface area contributed by atoms with Crippen molar-refractivity contribution in [3.63, 3.8) is 0 Å². The van der Waals surface area contributed by atoms with Crippen LogP contribution in [0.15, 0.2) is 48.7 Å². The molecule has 0 radical (unpaired) electrons. The molecule has 0 bridgehead atoms. The van der Waals surface area contributed by atoms with E-state index >= 15 is 0 Å². The first kappa shape index (κ1) is 43.7. The summed E-state index contributed by atoms with van der Waals surface area (Å²) in [5.74, 6) is 1.13. The van der Waals surface area contributed by atoms with Crippen molar-refractivity contribution in [2.75, 3.05) is 115 Å². The average Bonchev–Trinajstić information content (AvgIpc) is 3.18. The second kappa shape index (κ2) is 22.5. The minimum atomic E-state index is -2.56. The molecule has 2 aromatic carbocycles. The summed E-state index contributed by atoms with van der Waals surface area (Å²) in [6.07, 6.45) is 3.07. The zero-order valence-electron chi connectivity index (χ0n) is 31.9. The Morgan fingerprint density at radius 2 is 1.64 bits per heavy atom. The number of halogens is 1. The third-order valence-corrected chi connectivity index (χ3v) is 10.5. The third-order valence-electron chi connectivity index (χ3n) is 8.72. The van der Waals surface area contributed by atoms with E-state index in [0.717, 1.165) is 5.69 Å². The van der Waals surface area contributed by atoms with Crippen molar-refractivity contribution in [2.45, 2.75) is 25.3 Å². The Labute approximate surface area is 328 Å². The highest BCUT2D eigenvalue weighted by Gasteiger charge is 2.22. The fraction of sp³-hybridized carbons (Fsp3) is 0.514. The van der Waals surface area contributed by atoms with Gasteiger partial charge in [-0.3, -0.25) is 9.59 Å². The van der Waals surface area contributed by atoms with Gasteiger partial charge in [0.05, 0.1) is 76.8 Å². The van der Waals surface area contributed by atoms with Gasteiger partial charge in [-0.1, -0.05) is 23.7 Å². The topological polar surface area (TPSA) is 209 Å². The van der Waals surface area contributed by atoms with Crippen LogP contribution in [0.2, 0.25) is 5.02 Å². The van der Waals surface area contributed by atoms with E-state index < -0.39 is 13.2 Å². The molecule has 0 aliphatic carbocycles. The number of benzene rings is 2. The molecule has 1 atom stereocenters. The first-order chi connectivity index (χ1) is 26.5. The molecule has 55 heavy (non-hydrogen) atoms. The fourth-order valence-corrected chi connectivity index (χ4v) is 7.01. The van der Waals surface area contributed by atoms with Gasteiger partial charge in [-0.2, -0.15) is 4.98 Å². The summed E-state index contributed by atoms with van der Waals surface area (Å²) in [5.41, 5.74) is 13.5. The van der Waals surface area contributed by atoms with Crippen molar-refractivity contribution in [3.8, 4) is 5.75 Å². The fourth-order valence-electron chi connectivity index (χ4n) is 5.71. The van der Waals surface area contributed by atoms with Gasteiger partial charge in [-0.05, 0) is 57.0 Å². The van der Waals surface area contributed by atoms with E-state index in [-0.39, 0.29) is 11.8 Å². The van der Waals surface area contributed by atoms with E-state index in [1.54, 1.807) is 20.4 Å². The predicted molar refractivity (Wildman–Crippen MR) is 217 cm³/mol. The number of hydrogen-bond donors (Lipinski definition) is 5. The maximum atomic E-state index is 12.8. The standard InChI is InChI=1S/C37H55ClN9O7P/c1-51-32-25-27(10-11-30(32)44-37-42-26-28(38)35(45-37)43-31-8-4-5-9-33(31)55(2,3)50)46-15-17-47(18-16-46)34(48)12-19-52-21-23-54-24-22-53-20-14-41-36(49)29(40)7-6-13-39/h4-5,8-11,25-26,29H,6-7,12-24,39-40H2,1-3H3,(H,41,49)(H2,42,43,44,45)/t29-/m0/s1. The summed E-state index contributed by atoms with van der Waals surface area (Å²) >= 11 is 6.43. The monoisotopic (exact) mass is 803 g/mol. The minimum absolute atomic E-state index is 0.0530. The van der Waals surface area contributed by atoms with Crippen molar-refractivity contribution in [3.05, 3.63) is 53.7 Å². The second-order valence-electron chi connectivity index (χ2n) is 13.2. The lowest BCUT2D eigenvalue weighted by Crippen LogP contribution is -2.49. The van der Waals surface area contributed by atoms with Gasteiger partial charge < -0.3 is 60.7 Å². The van der Waals surface area contributed by atoms with Crippen molar-refractivity contribution in [1.29, 1.82) is 0 Å². The smallest absolute Gasteiger partial charge is 0.236 e. The van der Waals surface area contributed by atoms with E-state index in [1.165, 1.54) is 6.20 Å². The van der Waals surface area contributed by atoms with Crippen molar-refractivity contribution >= 4 is 64.7 Å². The summed E-state index contributed by atoms with van der Waals surface area (Å²) in [6.45, 7) is 9.11. The number of nitrogens with two attached hydrogens (primary N) is 2. The summed E-state index contributed by atoms with van der Waals surface area (Å²) in [5, 5.41) is 10.2. The number of hydrogen-bond acceptors (Lipinski definition) is 14. The van der Waals surface area contributed by atoms with Gasteiger partial charge in [-0.25, -0.2) is 4.98 Å². The molecule has 3 aromatic rings. The maximum Gasteiger partial charge on any atom is 0.236 e. The molecule has 0 saturated carbocycles. The van der Waals surface area contributed by atoms with Gasteiger partial charge >= 0.3 is 0 Å². The molecule has 1 fully saturated rings. The van der Waals surface area contributed by atoms with Crippen molar-refractivity contribution in [1.82, 2.24) is 20.2 Å². The molecule has 0 unspecified atom stereocenters. The quantitative estimate of drug-likeness (QED) is 0.0690. The predicted octanol–water partition coefficient (Wildman–Crippen LogP) is 3.14. The molecule has 7 N–H and O–H groups in total. The highest BCUT2D eigenvalue weighted by atomic mass is 35.5. The highest BCUT2D eigenvalue weighted by Crippen LogP contribution is 2.39. The van der Waals surface area contributed by atoms with Crippen molar-refractivity contribution < 1.29 is 33.1 Å². The molecule has 2 heterocycles. The van der Waals surface area contributed by atoms with Crippen LogP contribution in [0.4, 0.5) is 28.8 Å². The average molecular weight is 804 g/mol. The van der Waals surface area contributed by atoms with Gasteiger partial charge in [0, 0.05) is 49.8 Å². The summed E-state index contributed by atoms with van der Waals surface area (Å²) in [6, 6.07) is 12.6. The summed E-state index contributed by atoms with van der Waals surface area (Å²) in [4.78, 5) is 37.7. The molecular weight excluding hydrogens is 749 g/mol. The number of methoxy groups -OCH3 is 1. The third kappa shape index (κ3) is 14.2. The zero-order chi connectivity index (χ0) is 39.6. The number of nitrogens with zero attached hydrogens (tertiary/aromatic N) is 4. The number of ether oxygens (including phenoxy) is 4. The number of para-hydroxylation sites is 1. The Morgan fingerprint density at radius 1 is 0.945 bits per heavy atom. The van der Waals surface area contributed by atoms with E-state index in [1.807, 2.05) is 47.4 Å². The van der Waals surface area contributed by atoms with Gasteiger partial charge in [0.2, 0.25) is 17.8 Å². The molecule has 1 saturated heterocycles. The maximum absolute atomic E-state index is 12.8. The lowest BCUT2D eigenvalue weighted by Gasteiger charge is -2.36. The number of piperazine rings is 1. The van der Waals surface area contributed by atoms with Crippen LogP contribution in [0.5, 0.6) is 5.75 Å². The Kier molecular flexibility index (Phi) is 17.9. The van der Waals surface area contributed by atoms with E-state index in [4.69, 9.17) is 42.0 Å². The molecule has 4 rings (SSSR count). The lowest BCUT2D eigenvalue weighted by atomic mass is 10.1. The Bertz CT molecular complexity index is 1730. The van der Waals surface area contributed by atoms with E-state index in [9.17, 15) is 14.2 Å². The molecular formula is C37H55ClN9O7P. The highest BCUT2D eigenvalue weighted by molar-refractivity contribution is 7.70. The molecule has 1 aliphatic heterocycles. The molecule has 302 valence electrons. The van der Waals surface area contributed by atoms with E-state index in [0.29, 0.717) is 137 Å². The van der Waals surface area contributed by atoms with Crippen LogP contribution in [-0.4, -0.2) is 132 Å². The Morgan fingerprint density at radius 3 is 2.33 bits per heavy atom. The van der Waals surface area contributed by atoms with Gasteiger partial charge in [0.25, 0.3) is 0 Å². The number of amides is 2. The van der Waals surface area contributed by atoms with Crippen LogP contribution in [0.3, 0.4) is 0 Å². The SMILES string of the molecule is COc1cc(N2CCN(C(=O)CCOCCOCCOCCNC(=O)[C@@H](N)CCCN)CC2)ccc1Nc1ncc(Cl)c(Nc2ccccc2P(C)(C)=O)n1. The first-order valence-electron chi connectivity index (χ1n) is 18.4.